The van der Waals surface area contributed by atoms with Gasteiger partial charge in [0.1, 0.15) is 5.75 Å². The molecule has 1 heterocycles. The number of halogens is 3. The maximum Gasteiger partial charge on any atom is 0.390 e. The molecule has 3 rings (SSSR count). The van der Waals surface area contributed by atoms with E-state index in [9.17, 15) is 18.3 Å². The molecule has 5 heteroatoms. The van der Waals surface area contributed by atoms with Crippen LogP contribution in [0, 0.1) is 0 Å². The predicted molar refractivity (Wildman–Crippen MR) is 65.0 cm³/mol. The lowest BCUT2D eigenvalue weighted by atomic mass is 9.86. The summed E-state index contributed by atoms with van der Waals surface area (Å²) in [5.41, 5.74) is 2.19. The lowest BCUT2D eigenvalue weighted by molar-refractivity contribution is -0.138. The summed E-state index contributed by atoms with van der Waals surface area (Å²) in [4.78, 5) is 1.89. The molecule has 2 aliphatic rings. The quantitative estimate of drug-likeness (QED) is 0.893. The number of phenols is 1. The molecule has 0 radical (unpaired) electrons. The third-order valence-electron chi connectivity index (χ3n) is 4.15. The Bertz CT molecular complexity index is 494. The molecule has 0 saturated heterocycles. The van der Waals surface area contributed by atoms with Gasteiger partial charge in [0.05, 0.1) is 6.42 Å². The Labute approximate surface area is 109 Å². The van der Waals surface area contributed by atoms with Crippen LogP contribution in [0.15, 0.2) is 18.2 Å². The van der Waals surface area contributed by atoms with E-state index in [1.54, 1.807) is 12.1 Å². The van der Waals surface area contributed by atoms with Crippen molar-refractivity contribution in [2.75, 3.05) is 13.1 Å². The van der Waals surface area contributed by atoms with E-state index < -0.39 is 12.6 Å². The van der Waals surface area contributed by atoms with Crippen molar-refractivity contribution in [2.45, 2.75) is 37.4 Å². The van der Waals surface area contributed by atoms with E-state index in [1.807, 2.05) is 11.0 Å². The first-order chi connectivity index (χ1) is 8.88. The summed E-state index contributed by atoms with van der Waals surface area (Å²) < 4.78 is 36.9. The average molecular weight is 271 g/mol. The maximum atomic E-state index is 12.3. The molecule has 1 aliphatic heterocycles. The Kier molecular flexibility index (Phi) is 2.78. The number of benzene rings is 1. The summed E-state index contributed by atoms with van der Waals surface area (Å²) in [6.07, 6.45) is -2.83. The molecular formula is C14H16F3NO. The number of aromatic hydroxyl groups is 1. The zero-order valence-corrected chi connectivity index (χ0v) is 10.5. The highest BCUT2D eigenvalue weighted by atomic mass is 19.4. The standard InChI is InChI=1S/C14H16F3NO/c15-14(16,17)5-6-18-8-10-1-2-11(19)7-12(10)13(9-18)3-4-13/h1-2,7,19H,3-6,8-9H2. The fourth-order valence-electron chi connectivity index (χ4n) is 3.03. The zero-order valence-electron chi connectivity index (χ0n) is 10.5. The smallest absolute Gasteiger partial charge is 0.390 e. The minimum atomic E-state index is -4.09. The lowest BCUT2D eigenvalue weighted by Crippen LogP contribution is -2.39. The van der Waals surface area contributed by atoms with Gasteiger partial charge < -0.3 is 5.11 Å². The second-order valence-corrected chi connectivity index (χ2v) is 5.70. The van der Waals surface area contributed by atoms with Crippen LogP contribution in [0.2, 0.25) is 0 Å². The van der Waals surface area contributed by atoms with Crippen LogP contribution in [0.3, 0.4) is 0 Å². The molecule has 1 N–H and O–H groups in total. The Morgan fingerprint density at radius 2 is 2.00 bits per heavy atom. The van der Waals surface area contributed by atoms with Crippen LogP contribution < -0.4 is 0 Å². The molecule has 1 saturated carbocycles. The number of hydrogen-bond donors (Lipinski definition) is 1. The van der Waals surface area contributed by atoms with E-state index >= 15 is 0 Å². The molecule has 1 fully saturated rings. The predicted octanol–water partition coefficient (Wildman–Crippen LogP) is 3.19. The highest BCUT2D eigenvalue weighted by Crippen LogP contribution is 2.53. The third-order valence-corrected chi connectivity index (χ3v) is 4.15. The minimum absolute atomic E-state index is 0.00206. The number of rotatable bonds is 2. The first-order valence-corrected chi connectivity index (χ1v) is 6.50. The van der Waals surface area contributed by atoms with Crippen LogP contribution in [0.5, 0.6) is 5.75 Å². The molecule has 2 nitrogen and oxygen atoms in total. The Hall–Kier alpha value is -1.23. The Balaban J connectivity index is 1.78. The molecule has 1 aromatic rings. The molecule has 0 bridgehead atoms. The van der Waals surface area contributed by atoms with Gasteiger partial charge in [0.15, 0.2) is 0 Å². The van der Waals surface area contributed by atoms with Gasteiger partial charge in [0.2, 0.25) is 0 Å². The number of nitrogens with zero attached hydrogens (tertiary/aromatic N) is 1. The van der Waals surface area contributed by atoms with Crippen molar-refractivity contribution in [3.8, 4) is 5.75 Å². The summed E-state index contributed by atoms with van der Waals surface area (Å²) >= 11 is 0. The van der Waals surface area contributed by atoms with Crippen molar-refractivity contribution < 1.29 is 18.3 Å². The molecule has 104 valence electrons. The molecule has 0 unspecified atom stereocenters. The summed E-state index contributed by atoms with van der Waals surface area (Å²) in [6, 6.07) is 5.23. The molecule has 1 aromatic carbocycles. The minimum Gasteiger partial charge on any atom is -0.508 e. The topological polar surface area (TPSA) is 23.5 Å². The fourth-order valence-corrected chi connectivity index (χ4v) is 3.03. The van der Waals surface area contributed by atoms with Crippen LogP contribution in [0.1, 0.15) is 30.4 Å². The van der Waals surface area contributed by atoms with Gasteiger partial charge in [0.25, 0.3) is 0 Å². The first-order valence-electron chi connectivity index (χ1n) is 6.50. The summed E-state index contributed by atoms with van der Waals surface area (Å²) in [5.74, 6) is 0.244. The highest BCUT2D eigenvalue weighted by Gasteiger charge is 2.49. The molecule has 0 atom stereocenters. The average Bonchev–Trinajstić information content (AvgIpc) is 3.07. The molecule has 1 aliphatic carbocycles. The number of alkyl halides is 3. The van der Waals surface area contributed by atoms with E-state index in [1.165, 1.54) is 0 Å². The molecule has 1 spiro atoms. The largest absolute Gasteiger partial charge is 0.508 e. The lowest BCUT2D eigenvalue weighted by Gasteiger charge is -2.35. The maximum absolute atomic E-state index is 12.3. The number of phenolic OH excluding ortho intramolecular Hbond substituents is 1. The zero-order chi connectivity index (χ0) is 13.7. The van der Waals surface area contributed by atoms with Gasteiger partial charge in [-0.3, -0.25) is 4.90 Å². The number of hydrogen-bond acceptors (Lipinski definition) is 2. The van der Waals surface area contributed by atoms with Crippen molar-refractivity contribution in [3.63, 3.8) is 0 Å². The van der Waals surface area contributed by atoms with Gasteiger partial charge in [-0.15, -0.1) is 0 Å². The van der Waals surface area contributed by atoms with Gasteiger partial charge in [-0.05, 0) is 36.1 Å². The summed E-state index contributed by atoms with van der Waals surface area (Å²) in [5, 5.41) is 9.56. The van der Waals surface area contributed by atoms with Gasteiger partial charge >= 0.3 is 6.18 Å². The summed E-state index contributed by atoms with van der Waals surface area (Å²) in [6.45, 7) is 1.29. The Morgan fingerprint density at radius 1 is 1.26 bits per heavy atom. The fraction of sp³-hybridized carbons (Fsp3) is 0.571. The number of fused-ring (bicyclic) bond motifs is 2. The molecule has 0 aromatic heterocycles. The molecule has 19 heavy (non-hydrogen) atoms. The monoisotopic (exact) mass is 271 g/mol. The van der Waals surface area contributed by atoms with E-state index in [0.29, 0.717) is 13.1 Å². The van der Waals surface area contributed by atoms with Crippen molar-refractivity contribution in [3.05, 3.63) is 29.3 Å². The van der Waals surface area contributed by atoms with Crippen LogP contribution in [-0.4, -0.2) is 29.3 Å². The van der Waals surface area contributed by atoms with Crippen molar-refractivity contribution >= 4 is 0 Å². The second kappa shape index (κ2) is 4.13. The third kappa shape index (κ3) is 2.56. The van der Waals surface area contributed by atoms with Crippen molar-refractivity contribution in [1.82, 2.24) is 4.90 Å². The van der Waals surface area contributed by atoms with Crippen LogP contribution in [0.4, 0.5) is 13.2 Å². The van der Waals surface area contributed by atoms with E-state index in [-0.39, 0.29) is 17.7 Å². The highest BCUT2D eigenvalue weighted by molar-refractivity contribution is 5.45. The van der Waals surface area contributed by atoms with Crippen LogP contribution >= 0.6 is 0 Å². The SMILES string of the molecule is Oc1ccc2c(c1)C1(CC1)CN(CCC(F)(F)F)C2. The normalized spacial score (nSPS) is 21.4. The van der Waals surface area contributed by atoms with Crippen molar-refractivity contribution in [1.29, 1.82) is 0 Å². The first kappa shape index (κ1) is 12.8. The molecular weight excluding hydrogens is 255 g/mol. The van der Waals surface area contributed by atoms with E-state index in [4.69, 9.17) is 0 Å². The van der Waals surface area contributed by atoms with E-state index in [0.717, 1.165) is 24.0 Å². The van der Waals surface area contributed by atoms with Crippen LogP contribution in [-0.2, 0) is 12.0 Å². The van der Waals surface area contributed by atoms with Gasteiger partial charge in [-0.25, -0.2) is 0 Å². The van der Waals surface area contributed by atoms with Crippen molar-refractivity contribution in [2.24, 2.45) is 0 Å². The Morgan fingerprint density at radius 3 is 2.63 bits per heavy atom. The van der Waals surface area contributed by atoms with Gasteiger partial charge in [-0.2, -0.15) is 13.2 Å². The molecule has 0 amide bonds. The van der Waals surface area contributed by atoms with Gasteiger partial charge in [0, 0.05) is 25.0 Å². The summed E-state index contributed by atoms with van der Waals surface area (Å²) in [7, 11) is 0. The van der Waals surface area contributed by atoms with Gasteiger partial charge in [-0.1, -0.05) is 6.07 Å². The van der Waals surface area contributed by atoms with Crippen LogP contribution in [0.25, 0.3) is 0 Å². The van der Waals surface area contributed by atoms with E-state index in [2.05, 4.69) is 0 Å². The second-order valence-electron chi connectivity index (χ2n) is 5.70.